The summed E-state index contributed by atoms with van der Waals surface area (Å²) in [6.07, 6.45) is 0.771. The van der Waals surface area contributed by atoms with Crippen molar-refractivity contribution in [1.29, 1.82) is 0 Å². The van der Waals surface area contributed by atoms with E-state index in [9.17, 15) is 0 Å². The molecule has 0 saturated carbocycles. The minimum Gasteiger partial charge on any atom is -0.339 e. The summed E-state index contributed by atoms with van der Waals surface area (Å²) in [4.78, 5) is 3.94. The first-order chi connectivity index (χ1) is 4.36. The summed E-state index contributed by atoms with van der Waals surface area (Å²) in [7, 11) is 0. The lowest BCUT2D eigenvalue weighted by molar-refractivity contribution is 0.377. The topological polar surface area (TPSA) is 64.9 Å². The number of aromatic nitrogens is 2. The van der Waals surface area contributed by atoms with Gasteiger partial charge in [0.15, 0.2) is 5.82 Å². The van der Waals surface area contributed by atoms with Crippen molar-refractivity contribution >= 4 is 0 Å². The molecule has 1 rings (SSSR count). The quantitative estimate of drug-likeness (QED) is 0.611. The molecule has 1 heterocycles. The molecule has 2 N–H and O–H groups in total. The molecule has 4 heteroatoms. The Morgan fingerprint density at radius 2 is 2.44 bits per heavy atom. The van der Waals surface area contributed by atoms with Gasteiger partial charge in [0.2, 0.25) is 5.89 Å². The fourth-order valence-corrected chi connectivity index (χ4v) is 0.517. The van der Waals surface area contributed by atoms with E-state index in [-0.39, 0.29) is 0 Å². The third kappa shape index (κ3) is 1.26. The van der Waals surface area contributed by atoms with Crippen LogP contribution in [0, 0.1) is 0 Å². The van der Waals surface area contributed by atoms with E-state index in [1.54, 1.807) is 0 Å². The fraction of sp³-hybridized carbons (Fsp3) is 0.600. The van der Waals surface area contributed by atoms with Crippen LogP contribution in [-0.4, -0.2) is 10.1 Å². The monoisotopic (exact) mass is 127 g/mol. The van der Waals surface area contributed by atoms with Crippen molar-refractivity contribution in [2.24, 2.45) is 5.73 Å². The summed E-state index contributed by atoms with van der Waals surface area (Å²) in [6.45, 7) is 2.30. The molecule has 0 amide bonds. The van der Waals surface area contributed by atoms with Gasteiger partial charge < -0.3 is 10.3 Å². The molecule has 1 aromatic rings. The van der Waals surface area contributed by atoms with Crippen LogP contribution in [0.3, 0.4) is 0 Å². The van der Waals surface area contributed by atoms with Gasteiger partial charge in [0.1, 0.15) is 0 Å². The Labute approximate surface area is 53.1 Å². The fourth-order valence-electron chi connectivity index (χ4n) is 0.517. The van der Waals surface area contributed by atoms with Gasteiger partial charge in [-0.25, -0.2) is 0 Å². The van der Waals surface area contributed by atoms with Crippen LogP contribution in [0.1, 0.15) is 18.6 Å². The Kier molecular flexibility index (Phi) is 1.79. The molecule has 0 aliphatic heterocycles. The number of rotatable bonds is 2. The highest BCUT2D eigenvalue weighted by Crippen LogP contribution is 1.95. The lowest BCUT2D eigenvalue weighted by atomic mass is 10.5. The van der Waals surface area contributed by atoms with Crippen molar-refractivity contribution in [3.8, 4) is 0 Å². The van der Waals surface area contributed by atoms with Crippen LogP contribution in [0.4, 0.5) is 0 Å². The van der Waals surface area contributed by atoms with Crippen molar-refractivity contribution in [3.05, 3.63) is 11.7 Å². The maximum atomic E-state index is 5.23. The highest BCUT2D eigenvalue weighted by Gasteiger charge is 1.99. The largest absolute Gasteiger partial charge is 0.339 e. The number of hydrogen-bond donors (Lipinski definition) is 1. The summed E-state index contributed by atoms with van der Waals surface area (Å²) in [5, 5.41) is 3.59. The van der Waals surface area contributed by atoms with E-state index in [1.807, 2.05) is 6.92 Å². The smallest absolute Gasteiger partial charge is 0.226 e. The zero-order valence-corrected chi connectivity index (χ0v) is 5.29. The molecule has 0 fully saturated rings. The van der Waals surface area contributed by atoms with Gasteiger partial charge in [-0.3, -0.25) is 0 Å². The molecule has 0 spiro atoms. The molecule has 1 aromatic heterocycles. The van der Waals surface area contributed by atoms with Gasteiger partial charge in [-0.1, -0.05) is 12.1 Å². The molecule has 0 aliphatic carbocycles. The summed E-state index contributed by atoms with van der Waals surface area (Å²) in [5.74, 6) is 1.22. The molecule has 0 radical (unpaired) electrons. The molecule has 0 atom stereocenters. The second-order valence-electron chi connectivity index (χ2n) is 1.66. The average molecular weight is 127 g/mol. The van der Waals surface area contributed by atoms with Gasteiger partial charge in [0.25, 0.3) is 0 Å². The van der Waals surface area contributed by atoms with Crippen LogP contribution >= 0.6 is 0 Å². The second-order valence-corrected chi connectivity index (χ2v) is 1.66. The molecular formula is C5H9N3O. The van der Waals surface area contributed by atoms with E-state index in [4.69, 9.17) is 10.3 Å². The maximum absolute atomic E-state index is 5.23. The van der Waals surface area contributed by atoms with Gasteiger partial charge in [0, 0.05) is 6.42 Å². The van der Waals surface area contributed by atoms with Crippen molar-refractivity contribution in [1.82, 2.24) is 10.1 Å². The molecule has 9 heavy (non-hydrogen) atoms. The Hall–Kier alpha value is -0.900. The third-order valence-electron chi connectivity index (χ3n) is 0.995. The average Bonchev–Trinajstić information content (AvgIpc) is 2.34. The predicted octanol–water partition coefficient (Wildman–Crippen LogP) is 0.0907. The van der Waals surface area contributed by atoms with Crippen molar-refractivity contribution < 1.29 is 4.52 Å². The summed E-state index contributed by atoms with van der Waals surface area (Å²) >= 11 is 0. The molecule has 0 aliphatic rings. The van der Waals surface area contributed by atoms with Gasteiger partial charge in [-0.15, -0.1) is 0 Å². The Morgan fingerprint density at radius 1 is 1.67 bits per heavy atom. The SMILES string of the molecule is CCc1nc(CN)no1. The normalized spacial score (nSPS) is 10.0. The summed E-state index contributed by atoms with van der Waals surface area (Å²) < 4.78 is 4.76. The highest BCUT2D eigenvalue weighted by molar-refractivity contribution is 4.83. The summed E-state index contributed by atoms with van der Waals surface area (Å²) in [6, 6.07) is 0. The Balaban J connectivity index is 2.74. The molecule has 4 nitrogen and oxygen atoms in total. The second kappa shape index (κ2) is 2.59. The number of nitrogens with zero attached hydrogens (tertiary/aromatic N) is 2. The van der Waals surface area contributed by atoms with Crippen LogP contribution in [-0.2, 0) is 13.0 Å². The van der Waals surface area contributed by atoms with Crippen LogP contribution in [0.25, 0.3) is 0 Å². The van der Waals surface area contributed by atoms with Gasteiger partial charge in [-0.2, -0.15) is 4.98 Å². The minimum absolute atomic E-state index is 0.351. The Morgan fingerprint density at radius 3 is 2.78 bits per heavy atom. The molecule has 50 valence electrons. The van der Waals surface area contributed by atoms with Crippen LogP contribution in [0.5, 0.6) is 0 Å². The van der Waals surface area contributed by atoms with Crippen molar-refractivity contribution in [3.63, 3.8) is 0 Å². The summed E-state index contributed by atoms with van der Waals surface area (Å²) in [5.41, 5.74) is 5.23. The van der Waals surface area contributed by atoms with Gasteiger partial charge >= 0.3 is 0 Å². The van der Waals surface area contributed by atoms with Crippen LogP contribution in [0.15, 0.2) is 4.52 Å². The van der Waals surface area contributed by atoms with Gasteiger partial charge in [0.05, 0.1) is 6.54 Å². The first-order valence-corrected chi connectivity index (χ1v) is 2.88. The lowest BCUT2D eigenvalue weighted by Crippen LogP contribution is -1.97. The van der Waals surface area contributed by atoms with E-state index in [2.05, 4.69) is 10.1 Å². The van der Waals surface area contributed by atoms with E-state index in [1.165, 1.54) is 0 Å². The number of nitrogens with two attached hydrogens (primary N) is 1. The zero-order valence-electron chi connectivity index (χ0n) is 5.29. The lowest BCUT2D eigenvalue weighted by Gasteiger charge is -1.77. The number of aryl methyl sites for hydroxylation is 1. The molecule has 0 aromatic carbocycles. The molecular weight excluding hydrogens is 118 g/mol. The van der Waals surface area contributed by atoms with E-state index < -0.39 is 0 Å². The number of hydrogen-bond acceptors (Lipinski definition) is 4. The first kappa shape index (κ1) is 6.22. The Bertz CT molecular complexity index is 166. The van der Waals surface area contributed by atoms with Crippen molar-refractivity contribution in [2.75, 3.05) is 0 Å². The minimum atomic E-state index is 0.351. The van der Waals surface area contributed by atoms with E-state index >= 15 is 0 Å². The molecule has 0 unspecified atom stereocenters. The highest BCUT2D eigenvalue weighted by atomic mass is 16.5. The standard InChI is InChI=1S/C5H9N3O/c1-2-5-7-4(3-6)8-9-5/h2-3,6H2,1H3. The predicted molar refractivity (Wildman–Crippen MR) is 31.6 cm³/mol. The van der Waals surface area contributed by atoms with Crippen molar-refractivity contribution in [2.45, 2.75) is 19.9 Å². The maximum Gasteiger partial charge on any atom is 0.226 e. The third-order valence-corrected chi connectivity index (χ3v) is 0.995. The van der Waals surface area contributed by atoms with Gasteiger partial charge in [-0.05, 0) is 0 Å². The van der Waals surface area contributed by atoms with E-state index in [0.29, 0.717) is 18.3 Å². The molecule has 0 saturated heterocycles. The van der Waals surface area contributed by atoms with E-state index in [0.717, 1.165) is 6.42 Å². The molecule has 0 bridgehead atoms. The van der Waals surface area contributed by atoms with Crippen LogP contribution in [0.2, 0.25) is 0 Å². The first-order valence-electron chi connectivity index (χ1n) is 2.88. The van der Waals surface area contributed by atoms with Crippen LogP contribution < -0.4 is 5.73 Å². The zero-order chi connectivity index (χ0) is 6.69.